The molecular weight excluding hydrogens is 783 g/mol. The molecule has 0 aromatic heterocycles. The zero-order valence-electron chi connectivity index (χ0n) is 42.3. The highest BCUT2D eigenvalue weighted by molar-refractivity contribution is 5.76. The van der Waals surface area contributed by atoms with Crippen LogP contribution in [0.5, 0.6) is 0 Å². The Bertz CT molecular complexity index is 1190. The van der Waals surface area contributed by atoms with Crippen molar-refractivity contribution in [3.8, 4) is 0 Å². The molecule has 3 N–H and O–H groups in total. The summed E-state index contributed by atoms with van der Waals surface area (Å²) >= 11 is 0. The van der Waals surface area contributed by atoms with Gasteiger partial charge in [-0.3, -0.25) is 4.79 Å². The zero-order chi connectivity index (χ0) is 46.3. The van der Waals surface area contributed by atoms with Crippen LogP contribution in [0.1, 0.15) is 258 Å². The Morgan fingerprint density at radius 2 is 0.703 bits per heavy atom. The number of amides is 1. The van der Waals surface area contributed by atoms with Crippen LogP contribution in [0, 0.1) is 0 Å². The normalized spacial score (nSPS) is 13.6. The van der Waals surface area contributed by atoms with Crippen LogP contribution in [0.2, 0.25) is 0 Å². The molecule has 0 saturated carbocycles. The topological polar surface area (TPSA) is 69.6 Å². The molecule has 0 rings (SSSR count). The number of carbonyl (C=O) groups excluding carboxylic acids is 1. The second-order valence-corrected chi connectivity index (χ2v) is 18.2. The van der Waals surface area contributed by atoms with Crippen LogP contribution >= 0.6 is 0 Å². The highest BCUT2D eigenvalue weighted by Gasteiger charge is 2.17. The van der Waals surface area contributed by atoms with E-state index >= 15 is 0 Å². The summed E-state index contributed by atoms with van der Waals surface area (Å²) in [5.41, 5.74) is 0. The molecule has 0 radical (unpaired) electrons. The van der Waals surface area contributed by atoms with E-state index in [0.29, 0.717) is 6.42 Å². The second kappa shape index (κ2) is 54.6. The van der Waals surface area contributed by atoms with E-state index in [0.717, 1.165) is 70.6 Å². The number of nitrogens with one attached hydrogen (secondary N) is 1. The van der Waals surface area contributed by atoms with Crippen LogP contribution in [-0.4, -0.2) is 34.9 Å². The molecule has 0 aromatic rings. The average Bonchev–Trinajstić information content (AvgIpc) is 3.30. The SMILES string of the molecule is CC/C=C\C/C=C\C/C=C\C/C=C\C/C=C\CCCCCCCCCCCCCCCCCCCC(=O)NC(CO)C(O)/C=C/CC/C=C/CC/C=C/CCCCCCCCCCC. The summed E-state index contributed by atoms with van der Waals surface area (Å²) in [6, 6.07) is -0.650. The first-order valence-electron chi connectivity index (χ1n) is 27.5. The summed E-state index contributed by atoms with van der Waals surface area (Å²) in [7, 11) is 0. The standard InChI is InChI=1S/C60H105NO3/c1-3-5-7-9-11-13-15-17-19-21-23-24-25-26-27-28-29-30-31-32-33-34-35-36-38-40-42-44-46-48-50-52-54-56-60(64)61-58(57-62)59(63)55-53-51-49-47-45-43-41-39-37-22-20-18-16-14-12-10-8-6-4-2/h5,7,11,13,17,19,23-24,26-27,37,39,45,47,53,55,58-59,62-63H,3-4,6,8-10,12,14-16,18,20-22,25,28-36,38,40-44,46,48-52,54,56-57H2,1-2H3,(H,61,64)/b7-5-,13-11-,19-17-,24-23-,27-26-,39-37+,47-45+,55-53+. The van der Waals surface area contributed by atoms with Crippen LogP contribution < -0.4 is 5.32 Å². The van der Waals surface area contributed by atoms with Crippen molar-refractivity contribution in [1.29, 1.82) is 0 Å². The molecule has 0 heterocycles. The number of hydrogen-bond acceptors (Lipinski definition) is 3. The number of aliphatic hydroxyl groups excluding tert-OH is 2. The van der Waals surface area contributed by atoms with Crippen molar-refractivity contribution in [2.24, 2.45) is 0 Å². The van der Waals surface area contributed by atoms with Gasteiger partial charge in [0.2, 0.25) is 5.91 Å². The van der Waals surface area contributed by atoms with Gasteiger partial charge in [0.05, 0.1) is 18.8 Å². The molecule has 0 aromatic carbocycles. The van der Waals surface area contributed by atoms with E-state index < -0.39 is 12.1 Å². The van der Waals surface area contributed by atoms with E-state index in [1.165, 1.54) is 167 Å². The van der Waals surface area contributed by atoms with Crippen molar-refractivity contribution in [1.82, 2.24) is 5.32 Å². The molecule has 1 amide bonds. The van der Waals surface area contributed by atoms with Crippen molar-refractivity contribution < 1.29 is 15.0 Å². The molecule has 2 unspecified atom stereocenters. The fourth-order valence-corrected chi connectivity index (χ4v) is 7.88. The third-order valence-electron chi connectivity index (χ3n) is 12.0. The monoisotopic (exact) mass is 888 g/mol. The Morgan fingerprint density at radius 3 is 1.09 bits per heavy atom. The van der Waals surface area contributed by atoms with Crippen LogP contribution in [-0.2, 0) is 4.79 Å². The predicted octanol–water partition coefficient (Wildman–Crippen LogP) is 18.1. The highest BCUT2D eigenvalue weighted by atomic mass is 16.3. The van der Waals surface area contributed by atoms with E-state index in [2.05, 4.69) is 104 Å². The van der Waals surface area contributed by atoms with Crippen molar-refractivity contribution >= 4 is 5.91 Å². The molecule has 0 bridgehead atoms. The Balaban J connectivity index is 3.55. The third kappa shape index (κ3) is 50.3. The fraction of sp³-hybridized carbons (Fsp3) is 0.717. The lowest BCUT2D eigenvalue weighted by Crippen LogP contribution is -2.45. The van der Waals surface area contributed by atoms with E-state index in [9.17, 15) is 15.0 Å². The maximum atomic E-state index is 12.5. The van der Waals surface area contributed by atoms with Gasteiger partial charge in [0.15, 0.2) is 0 Å². The van der Waals surface area contributed by atoms with E-state index in [-0.39, 0.29) is 12.5 Å². The van der Waals surface area contributed by atoms with Gasteiger partial charge in [-0.25, -0.2) is 0 Å². The number of rotatable bonds is 49. The minimum Gasteiger partial charge on any atom is -0.394 e. The minimum atomic E-state index is -0.874. The summed E-state index contributed by atoms with van der Waals surface area (Å²) in [6.45, 7) is 4.18. The molecule has 0 aliphatic rings. The van der Waals surface area contributed by atoms with Crippen molar-refractivity contribution in [2.45, 2.75) is 270 Å². The Hall–Kier alpha value is -2.69. The van der Waals surface area contributed by atoms with Gasteiger partial charge in [-0.2, -0.15) is 0 Å². The molecule has 4 nitrogen and oxygen atoms in total. The van der Waals surface area contributed by atoms with Crippen LogP contribution in [0.15, 0.2) is 97.2 Å². The molecule has 0 aliphatic carbocycles. The largest absolute Gasteiger partial charge is 0.394 e. The van der Waals surface area contributed by atoms with E-state index in [1.54, 1.807) is 6.08 Å². The number of aliphatic hydroxyl groups is 2. The van der Waals surface area contributed by atoms with Gasteiger partial charge in [0.1, 0.15) is 0 Å². The van der Waals surface area contributed by atoms with Gasteiger partial charge >= 0.3 is 0 Å². The molecule has 2 atom stereocenters. The molecule has 368 valence electrons. The molecule has 4 heteroatoms. The van der Waals surface area contributed by atoms with Crippen molar-refractivity contribution in [3.05, 3.63) is 97.2 Å². The molecule has 0 saturated heterocycles. The molecule has 64 heavy (non-hydrogen) atoms. The first-order chi connectivity index (χ1) is 31.7. The Labute approximate surface area is 398 Å². The summed E-state index contributed by atoms with van der Waals surface area (Å²) in [5, 5.41) is 23.1. The summed E-state index contributed by atoms with van der Waals surface area (Å²) < 4.78 is 0. The second-order valence-electron chi connectivity index (χ2n) is 18.2. The quantitative estimate of drug-likeness (QED) is 0.0421. The Morgan fingerprint density at radius 1 is 0.391 bits per heavy atom. The first-order valence-corrected chi connectivity index (χ1v) is 27.5. The van der Waals surface area contributed by atoms with Gasteiger partial charge < -0.3 is 15.5 Å². The van der Waals surface area contributed by atoms with Crippen LogP contribution in [0.25, 0.3) is 0 Å². The number of hydrogen-bond donors (Lipinski definition) is 3. The van der Waals surface area contributed by atoms with Crippen molar-refractivity contribution in [3.63, 3.8) is 0 Å². The van der Waals surface area contributed by atoms with Crippen LogP contribution in [0.4, 0.5) is 0 Å². The lowest BCUT2D eigenvalue weighted by Gasteiger charge is -2.19. The predicted molar refractivity (Wildman–Crippen MR) is 285 cm³/mol. The third-order valence-corrected chi connectivity index (χ3v) is 12.0. The summed E-state index contributed by atoms with van der Waals surface area (Å²) in [4.78, 5) is 12.5. The first kappa shape index (κ1) is 61.3. The zero-order valence-corrected chi connectivity index (χ0v) is 42.3. The Kier molecular flexibility index (Phi) is 52.3. The van der Waals surface area contributed by atoms with E-state index in [1.807, 2.05) is 6.08 Å². The van der Waals surface area contributed by atoms with Gasteiger partial charge in [-0.1, -0.05) is 259 Å². The van der Waals surface area contributed by atoms with Gasteiger partial charge in [-0.15, -0.1) is 0 Å². The van der Waals surface area contributed by atoms with Crippen molar-refractivity contribution in [2.75, 3.05) is 6.61 Å². The average molecular weight is 889 g/mol. The van der Waals surface area contributed by atoms with Gasteiger partial charge in [0, 0.05) is 6.42 Å². The lowest BCUT2D eigenvalue weighted by molar-refractivity contribution is -0.123. The molecule has 0 spiro atoms. The number of unbranched alkanes of at least 4 members (excludes halogenated alkanes) is 28. The van der Waals surface area contributed by atoms with Crippen LogP contribution in [0.3, 0.4) is 0 Å². The molecule has 0 fully saturated rings. The smallest absolute Gasteiger partial charge is 0.220 e. The maximum absolute atomic E-state index is 12.5. The fourth-order valence-electron chi connectivity index (χ4n) is 7.88. The highest BCUT2D eigenvalue weighted by Crippen LogP contribution is 2.16. The molecule has 0 aliphatic heterocycles. The number of allylic oxidation sites excluding steroid dienone is 15. The minimum absolute atomic E-state index is 0.0790. The van der Waals surface area contributed by atoms with Gasteiger partial charge in [-0.05, 0) is 89.9 Å². The summed E-state index contributed by atoms with van der Waals surface area (Å²) in [5.74, 6) is -0.0790. The molecular formula is C60H105NO3. The maximum Gasteiger partial charge on any atom is 0.220 e. The van der Waals surface area contributed by atoms with Gasteiger partial charge in [0.25, 0.3) is 0 Å². The summed E-state index contributed by atoms with van der Waals surface area (Å²) in [6.07, 6.45) is 81.3. The van der Waals surface area contributed by atoms with E-state index in [4.69, 9.17) is 0 Å². The lowest BCUT2D eigenvalue weighted by atomic mass is 10.0. The number of carbonyl (C=O) groups is 1.